The minimum absolute atomic E-state index is 0.179. The zero-order chi connectivity index (χ0) is 14.6. The van der Waals surface area contributed by atoms with E-state index < -0.39 is 0 Å². The van der Waals surface area contributed by atoms with E-state index in [2.05, 4.69) is 0 Å². The lowest BCUT2D eigenvalue weighted by Crippen LogP contribution is -2.20. The van der Waals surface area contributed by atoms with E-state index in [4.69, 9.17) is 9.47 Å². The lowest BCUT2D eigenvalue weighted by atomic mass is 9.85. The van der Waals surface area contributed by atoms with Gasteiger partial charge in [-0.2, -0.15) is 0 Å². The van der Waals surface area contributed by atoms with E-state index in [1.54, 1.807) is 0 Å². The van der Waals surface area contributed by atoms with Gasteiger partial charge in [-0.1, -0.05) is 19.9 Å². The van der Waals surface area contributed by atoms with Crippen LogP contribution in [0.25, 0.3) is 0 Å². The number of methoxy groups -OCH3 is 1. The molecule has 0 N–H and O–H groups in total. The monoisotopic (exact) mass is 264 g/mol. The summed E-state index contributed by atoms with van der Waals surface area (Å²) in [5.74, 6) is 0.681. The summed E-state index contributed by atoms with van der Waals surface area (Å²) < 4.78 is 10.5. The smallest absolute Gasteiger partial charge is 0.313 e. The third kappa shape index (κ3) is 3.49. The lowest BCUT2D eigenvalue weighted by molar-refractivity contribution is -0.143. The van der Waals surface area contributed by atoms with Crippen LogP contribution in [0.2, 0.25) is 0 Å². The fraction of sp³-hybridized carbons (Fsp3) is 0.562. The largest absolute Gasteiger partial charge is 0.494 e. The minimum atomic E-state index is -0.223. The lowest BCUT2D eigenvalue weighted by Gasteiger charge is -2.22. The van der Waals surface area contributed by atoms with E-state index in [0.29, 0.717) is 6.61 Å². The highest BCUT2D eigenvalue weighted by atomic mass is 16.5. The summed E-state index contributed by atoms with van der Waals surface area (Å²) in [6.45, 7) is 10.7. The summed E-state index contributed by atoms with van der Waals surface area (Å²) in [6, 6.07) is 4.05. The Hall–Kier alpha value is -1.51. The molecule has 0 heterocycles. The molecule has 106 valence electrons. The van der Waals surface area contributed by atoms with Crippen LogP contribution in [0.5, 0.6) is 5.75 Å². The molecule has 1 unspecified atom stereocenters. The predicted octanol–water partition coefficient (Wildman–Crippen LogP) is 3.61. The van der Waals surface area contributed by atoms with Gasteiger partial charge in [0.25, 0.3) is 0 Å². The average molecular weight is 264 g/mol. The number of ether oxygens (including phenoxy) is 2. The van der Waals surface area contributed by atoms with Gasteiger partial charge in [0.2, 0.25) is 0 Å². The van der Waals surface area contributed by atoms with Crippen molar-refractivity contribution in [3.8, 4) is 5.75 Å². The number of hydrogen-bond donors (Lipinski definition) is 0. The van der Waals surface area contributed by atoms with Gasteiger partial charge in [0.15, 0.2) is 0 Å². The molecule has 1 aromatic rings. The van der Waals surface area contributed by atoms with Crippen LogP contribution in [0.1, 0.15) is 43.4 Å². The Bertz CT molecular complexity index is 450. The highest BCUT2D eigenvalue weighted by Gasteiger charge is 2.27. The Morgan fingerprint density at radius 3 is 2.32 bits per heavy atom. The maximum absolute atomic E-state index is 12.0. The molecule has 0 bridgehead atoms. The van der Waals surface area contributed by atoms with Crippen molar-refractivity contribution in [3.63, 3.8) is 0 Å². The normalized spacial score (nSPS) is 12.4. The Morgan fingerprint density at radius 2 is 1.84 bits per heavy atom. The van der Waals surface area contributed by atoms with Crippen LogP contribution < -0.4 is 4.74 Å². The molecule has 0 aliphatic carbocycles. The first-order valence-electron chi connectivity index (χ1n) is 6.74. The number of rotatable bonds is 5. The molecule has 1 rings (SSSR count). The third-order valence-electron chi connectivity index (χ3n) is 3.32. The summed E-state index contributed by atoms with van der Waals surface area (Å²) >= 11 is 0. The van der Waals surface area contributed by atoms with Gasteiger partial charge in [-0.25, -0.2) is 0 Å². The standard InChI is InChI=1S/C16H24O3/c1-7-19-14-9-11(4)13(8-12(14)5)15(10(2)3)16(17)18-6/h8-10,15H,7H2,1-6H3. The number of carbonyl (C=O) groups is 1. The molecule has 0 amide bonds. The summed E-state index contributed by atoms with van der Waals surface area (Å²) in [4.78, 5) is 12.0. The van der Waals surface area contributed by atoms with Crippen LogP contribution in [0.3, 0.4) is 0 Å². The number of esters is 1. The van der Waals surface area contributed by atoms with Crippen molar-refractivity contribution in [2.24, 2.45) is 5.92 Å². The molecule has 0 aliphatic heterocycles. The molecule has 3 heteroatoms. The van der Waals surface area contributed by atoms with Gasteiger partial charge in [0.05, 0.1) is 19.6 Å². The van der Waals surface area contributed by atoms with E-state index in [0.717, 1.165) is 22.4 Å². The first-order valence-corrected chi connectivity index (χ1v) is 6.74. The molecule has 3 nitrogen and oxygen atoms in total. The first-order chi connectivity index (χ1) is 8.92. The van der Waals surface area contributed by atoms with Crippen LogP contribution in [-0.4, -0.2) is 19.7 Å². The average Bonchev–Trinajstić information content (AvgIpc) is 2.34. The first kappa shape index (κ1) is 15.5. The molecule has 0 spiro atoms. The van der Waals surface area contributed by atoms with E-state index in [-0.39, 0.29) is 17.8 Å². The van der Waals surface area contributed by atoms with E-state index in [9.17, 15) is 4.79 Å². The van der Waals surface area contributed by atoms with Crippen LogP contribution in [-0.2, 0) is 9.53 Å². The second kappa shape index (κ2) is 6.60. The Balaban J connectivity index is 3.25. The Morgan fingerprint density at radius 1 is 1.21 bits per heavy atom. The molecule has 0 fully saturated rings. The Kier molecular flexibility index (Phi) is 5.40. The molecule has 0 saturated carbocycles. The Labute approximate surface area is 115 Å². The zero-order valence-electron chi connectivity index (χ0n) is 12.7. The summed E-state index contributed by atoms with van der Waals surface area (Å²) in [7, 11) is 1.44. The molecule has 0 aromatic heterocycles. The third-order valence-corrected chi connectivity index (χ3v) is 3.32. The van der Waals surface area contributed by atoms with Gasteiger partial charge in [0.1, 0.15) is 5.75 Å². The molecule has 19 heavy (non-hydrogen) atoms. The molecule has 0 aliphatic rings. The number of benzene rings is 1. The van der Waals surface area contributed by atoms with Crippen LogP contribution in [0.4, 0.5) is 0 Å². The van der Waals surface area contributed by atoms with Crippen molar-refractivity contribution >= 4 is 5.97 Å². The van der Waals surface area contributed by atoms with Crippen molar-refractivity contribution in [1.82, 2.24) is 0 Å². The fourth-order valence-electron chi connectivity index (χ4n) is 2.34. The van der Waals surface area contributed by atoms with Crippen LogP contribution >= 0.6 is 0 Å². The van der Waals surface area contributed by atoms with Crippen LogP contribution in [0, 0.1) is 19.8 Å². The maximum Gasteiger partial charge on any atom is 0.313 e. The highest BCUT2D eigenvalue weighted by molar-refractivity contribution is 5.79. The predicted molar refractivity (Wildman–Crippen MR) is 76.7 cm³/mol. The quantitative estimate of drug-likeness (QED) is 0.762. The summed E-state index contributed by atoms with van der Waals surface area (Å²) in [5, 5.41) is 0. The topological polar surface area (TPSA) is 35.5 Å². The van der Waals surface area contributed by atoms with E-state index >= 15 is 0 Å². The zero-order valence-corrected chi connectivity index (χ0v) is 12.7. The molecular weight excluding hydrogens is 240 g/mol. The molecule has 0 radical (unpaired) electrons. The van der Waals surface area contributed by atoms with Gasteiger partial charge < -0.3 is 9.47 Å². The van der Waals surface area contributed by atoms with Gasteiger partial charge in [-0.3, -0.25) is 4.79 Å². The highest BCUT2D eigenvalue weighted by Crippen LogP contribution is 2.32. The second-order valence-electron chi connectivity index (χ2n) is 5.15. The number of aryl methyl sites for hydroxylation is 2. The van der Waals surface area contributed by atoms with Crippen LogP contribution in [0.15, 0.2) is 12.1 Å². The molecule has 0 saturated heterocycles. The van der Waals surface area contributed by atoms with Gasteiger partial charge in [0, 0.05) is 0 Å². The maximum atomic E-state index is 12.0. The van der Waals surface area contributed by atoms with Gasteiger partial charge in [-0.15, -0.1) is 0 Å². The second-order valence-corrected chi connectivity index (χ2v) is 5.15. The molecule has 1 aromatic carbocycles. The van der Waals surface area contributed by atoms with E-state index in [1.807, 2.05) is 46.8 Å². The summed E-state index contributed by atoms with van der Waals surface area (Å²) in [6.07, 6.45) is 0. The SMILES string of the molecule is CCOc1cc(C)c(C(C(=O)OC)C(C)C)cc1C. The van der Waals surface area contributed by atoms with Crippen molar-refractivity contribution in [2.45, 2.75) is 40.5 Å². The van der Waals surface area contributed by atoms with Gasteiger partial charge >= 0.3 is 5.97 Å². The molecule has 1 atom stereocenters. The van der Waals surface area contributed by atoms with Crippen molar-refractivity contribution in [2.75, 3.05) is 13.7 Å². The number of hydrogen-bond acceptors (Lipinski definition) is 3. The molecular formula is C16H24O3. The van der Waals surface area contributed by atoms with Crippen molar-refractivity contribution < 1.29 is 14.3 Å². The summed E-state index contributed by atoms with van der Waals surface area (Å²) in [5.41, 5.74) is 3.15. The van der Waals surface area contributed by atoms with Crippen molar-refractivity contribution in [1.29, 1.82) is 0 Å². The minimum Gasteiger partial charge on any atom is -0.494 e. The number of carbonyl (C=O) groups excluding carboxylic acids is 1. The van der Waals surface area contributed by atoms with E-state index in [1.165, 1.54) is 7.11 Å². The van der Waals surface area contributed by atoms with Gasteiger partial charge in [-0.05, 0) is 49.4 Å². The van der Waals surface area contributed by atoms with Crippen molar-refractivity contribution in [3.05, 3.63) is 28.8 Å². The fourth-order valence-corrected chi connectivity index (χ4v) is 2.34.